The Labute approximate surface area is 128 Å². The fourth-order valence-electron chi connectivity index (χ4n) is 2.62. The van der Waals surface area contributed by atoms with E-state index in [1.807, 2.05) is 0 Å². The van der Waals surface area contributed by atoms with Crippen molar-refractivity contribution < 1.29 is 18.3 Å². The number of benzene rings is 1. The van der Waals surface area contributed by atoms with Crippen molar-refractivity contribution in [1.29, 1.82) is 0 Å². The third-order valence-corrected chi connectivity index (χ3v) is 5.24. The number of nitrogens with one attached hydrogen (secondary N) is 2. The third-order valence-electron chi connectivity index (χ3n) is 3.62. The van der Waals surface area contributed by atoms with Crippen LogP contribution in [0.15, 0.2) is 23.1 Å². The van der Waals surface area contributed by atoms with Crippen LogP contribution < -0.4 is 9.46 Å². The van der Waals surface area contributed by atoms with Crippen molar-refractivity contribution >= 4 is 15.7 Å². The Morgan fingerprint density at radius 3 is 2.86 bits per heavy atom. The number of anilines is 1. The Morgan fingerprint density at radius 2 is 2.18 bits per heavy atom. The molecular weight excluding hydrogens is 306 g/mol. The number of aromatic nitrogens is 2. The normalized spacial score (nSPS) is 17.7. The minimum Gasteiger partial charge on any atom is -0.491 e. The fraction of sp³-hybridized carbons (Fsp3) is 0.357. The van der Waals surface area contributed by atoms with Gasteiger partial charge in [0.25, 0.3) is 10.0 Å². The SMILES string of the molecule is Cc1n[nH]c(C)c1S(=O)(=O)Nc1cccc2c1OCCC2O. The topological polar surface area (TPSA) is 104 Å². The van der Waals surface area contributed by atoms with Gasteiger partial charge in [0.1, 0.15) is 10.6 Å². The smallest absolute Gasteiger partial charge is 0.265 e. The van der Waals surface area contributed by atoms with Crippen LogP contribution in [0.1, 0.15) is 29.5 Å². The molecule has 1 aliphatic heterocycles. The molecule has 0 radical (unpaired) electrons. The number of rotatable bonds is 3. The van der Waals surface area contributed by atoms with Crippen LogP contribution in [-0.2, 0) is 10.0 Å². The highest BCUT2D eigenvalue weighted by Gasteiger charge is 2.27. The van der Waals surface area contributed by atoms with Gasteiger partial charge in [-0.1, -0.05) is 12.1 Å². The van der Waals surface area contributed by atoms with Gasteiger partial charge in [-0.25, -0.2) is 8.42 Å². The Kier molecular flexibility index (Phi) is 3.57. The molecule has 7 nitrogen and oxygen atoms in total. The molecule has 1 aromatic carbocycles. The number of fused-ring (bicyclic) bond motifs is 1. The molecule has 1 unspecified atom stereocenters. The third kappa shape index (κ3) is 2.44. The maximum Gasteiger partial charge on any atom is 0.265 e. The summed E-state index contributed by atoms with van der Waals surface area (Å²) in [6, 6.07) is 5.02. The average Bonchev–Trinajstić information content (AvgIpc) is 2.80. The molecule has 0 amide bonds. The molecule has 22 heavy (non-hydrogen) atoms. The van der Waals surface area contributed by atoms with Crippen LogP contribution in [0.25, 0.3) is 0 Å². The summed E-state index contributed by atoms with van der Waals surface area (Å²) in [6.07, 6.45) is -0.158. The summed E-state index contributed by atoms with van der Waals surface area (Å²) in [5, 5.41) is 16.6. The van der Waals surface area contributed by atoms with Crippen molar-refractivity contribution in [3.63, 3.8) is 0 Å². The summed E-state index contributed by atoms with van der Waals surface area (Å²) in [5.41, 5.74) is 1.77. The van der Waals surface area contributed by atoms with Crippen LogP contribution in [-0.4, -0.2) is 30.3 Å². The van der Waals surface area contributed by atoms with E-state index in [1.54, 1.807) is 32.0 Å². The maximum absolute atomic E-state index is 12.6. The van der Waals surface area contributed by atoms with E-state index >= 15 is 0 Å². The van der Waals surface area contributed by atoms with Gasteiger partial charge in [-0.3, -0.25) is 9.82 Å². The van der Waals surface area contributed by atoms with Crippen molar-refractivity contribution in [2.24, 2.45) is 0 Å². The molecule has 3 rings (SSSR count). The first-order chi connectivity index (χ1) is 10.4. The van der Waals surface area contributed by atoms with Crippen molar-refractivity contribution in [3.8, 4) is 5.75 Å². The molecule has 3 N–H and O–H groups in total. The number of aromatic amines is 1. The summed E-state index contributed by atoms with van der Waals surface area (Å²) < 4.78 is 33.2. The number of hydrogen-bond acceptors (Lipinski definition) is 5. The van der Waals surface area contributed by atoms with Gasteiger partial charge in [0, 0.05) is 12.0 Å². The second kappa shape index (κ2) is 5.29. The number of aliphatic hydroxyl groups excluding tert-OH is 1. The fourth-order valence-corrected chi connectivity index (χ4v) is 4.05. The van der Waals surface area contributed by atoms with Gasteiger partial charge in [0.2, 0.25) is 0 Å². The predicted octanol–water partition coefficient (Wildman–Crippen LogP) is 1.64. The van der Waals surface area contributed by atoms with Crippen LogP contribution in [0.3, 0.4) is 0 Å². The van der Waals surface area contributed by atoms with E-state index in [4.69, 9.17) is 4.74 Å². The number of aliphatic hydroxyl groups is 1. The summed E-state index contributed by atoms with van der Waals surface area (Å²) in [5.74, 6) is 0.378. The summed E-state index contributed by atoms with van der Waals surface area (Å²) in [6.45, 7) is 3.62. The van der Waals surface area contributed by atoms with E-state index in [9.17, 15) is 13.5 Å². The van der Waals surface area contributed by atoms with Crippen molar-refractivity contribution in [2.45, 2.75) is 31.3 Å². The van der Waals surface area contributed by atoms with E-state index in [0.717, 1.165) is 0 Å². The van der Waals surface area contributed by atoms with E-state index in [0.29, 0.717) is 41.4 Å². The van der Waals surface area contributed by atoms with Gasteiger partial charge < -0.3 is 9.84 Å². The first kappa shape index (κ1) is 14.9. The molecule has 0 fully saturated rings. The number of aryl methyl sites for hydroxylation is 2. The first-order valence-corrected chi connectivity index (χ1v) is 8.36. The molecule has 8 heteroatoms. The number of sulfonamides is 1. The van der Waals surface area contributed by atoms with Crippen LogP contribution in [0.2, 0.25) is 0 Å². The molecule has 0 saturated heterocycles. The first-order valence-electron chi connectivity index (χ1n) is 6.88. The van der Waals surface area contributed by atoms with Crippen molar-refractivity contribution in [3.05, 3.63) is 35.2 Å². The van der Waals surface area contributed by atoms with Gasteiger partial charge in [0.05, 0.1) is 29.8 Å². The highest BCUT2D eigenvalue weighted by Crippen LogP contribution is 2.38. The molecule has 0 aliphatic carbocycles. The zero-order valence-corrected chi connectivity index (χ0v) is 13.1. The van der Waals surface area contributed by atoms with Crippen molar-refractivity contribution in [2.75, 3.05) is 11.3 Å². The number of H-pyrrole nitrogens is 1. The lowest BCUT2D eigenvalue weighted by atomic mass is 10.0. The molecule has 2 aromatic rings. The standard InChI is InChI=1S/C14H17N3O4S/c1-8-14(9(2)16-15-8)22(19,20)17-11-5-3-4-10-12(18)6-7-21-13(10)11/h3-5,12,17-18H,6-7H2,1-2H3,(H,15,16). The molecule has 118 valence electrons. The number of hydrogen-bond donors (Lipinski definition) is 3. The van der Waals surface area contributed by atoms with Crippen molar-refractivity contribution in [1.82, 2.24) is 10.2 Å². The average molecular weight is 323 g/mol. The van der Waals surface area contributed by atoms with Crippen LogP contribution >= 0.6 is 0 Å². The van der Waals surface area contributed by atoms with E-state index in [2.05, 4.69) is 14.9 Å². The number of ether oxygens (including phenoxy) is 1. The Bertz CT molecular complexity index is 794. The van der Waals surface area contributed by atoms with Crippen LogP contribution in [0.5, 0.6) is 5.75 Å². The zero-order valence-electron chi connectivity index (χ0n) is 12.3. The maximum atomic E-state index is 12.6. The Morgan fingerprint density at radius 1 is 1.41 bits per heavy atom. The van der Waals surface area contributed by atoms with Gasteiger partial charge in [-0.2, -0.15) is 5.10 Å². The number of nitrogens with zero attached hydrogens (tertiary/aromatic N) is 1. The molecule has 0 saturated carbocycles. The van der Waals surface area contributed by atoms with E-state index in [1.165, 1.54) is 0 Å². The van der Waals surface area contributed by atoms with E-state index < -0.39 is 16.1 Å². The zero-order chi connectivity index (χ0) is 15.9. The quantitative estimate of drug-likeness (QED) is 0.796. The number of para-hydroxylation sites is 1. The molecule has 1 aliphatic rings. The molecule has 2 heterocycles. The van der Waals surface area contributed by atoms with Crippen LogP contribution in [0.4, 0.5) is 5.69 Å². The Balaban J connectivity index is 2.02. The van der Waals surface area contributed by atoms with Gasteiger partial charge in [-0.05, 0) is 19.9 Å². The minimum absolute atomic E-state index is 0.126. The van der Waals surface area contributed by atoms with Gasteiger partial charge in [-0.15, -0.1) is 0 Å². The summed E-state index contributed by atoms with van der Waals surface area (Å²) in [7, 11) is -3.79. The van der Waals surface area contributed by atoms with Gasteiger partial charge >= 0.3 is 0 Å². The summed E-state index contributed by atoms with van der Waals surface area (Å²) in [4.78, 5) is 0.126. The summed E-state index contributed by atoms with van der Waals surface area (Å²) >= 11 is 0. The minimum atomic E-state index is -3.79. The lowest BCUT2D eigenvalue weighted by Gasteiger charge is -2.24. The lowest BCUT2D eigenvalue weighted by Crippen LogP contribution is -2.19. The Hall–Kier alpha value is -2.06. The molecule has 1 aromatic heterocycles. The molecule has 0 spiro atoms. The largest absolute Gasteiger partial charge is 0.491 e. The predicted molar refractivity (Wildman–Crippen MR) is 80.4 cm³/mol. The van der Waals surface area contributed by atoms with Gasteiger partial charge in [0.15, 0.2) is 0 Å². The monoisotopic (exact) mass is 323 g/mol. The van der Waals surface area contributed by atoms with Crippen LogP contribution in [0, 0.1) is 13.8 Å². The second-order valence-corrected chi connectivity index (χ2v) is 6.86. The highest BCUT2D eigenvalue weighted by atomic mass is 32.2. The lowest BCUT2D eigenvalue weighted by molar-refractivity contribution is 0.116. The second-order valence-electron chi connectivity index (χ2n) is 5.25. The molecular formula is C14H17N3O4S. The molecule has 0 bridgehead atoms. The highest BCUT2D eigenvalue weighted by molar-refractivity contribution is 7.92. The van der Waals surface area contributed by atoms with E-state index in [-0.39, 0.29) is 4.90 Å². The molecule has 1 atom stereocenters.